The summed E-state index contributed by atoms with van der Waals surface area (Å²) in [6, 6.07) is 8.85. The third-order valence-electron chi connectivity index (χ3n) is 3.28. The number of halogens is 1. The van der Waals surface area contributed by atoms with Crippen LogP contribution in [-0.2, 0) is 6.54 Å². The smallest absolute Gasteiger partial charge is 0.0409 e. The summed E-state index contributed by atoms with van der Waals surface area (Å²) in [4.78, 5) is 2.48. The molecule has 1 aromatic carbocycles. The van der Waals surface area contributed by atoms with Gasteiger partial charge in [0, 0.05) is 30.7 Å². The largest absolute Gasteiger partial charge is 0.329 e. The van der Waals surface area contributed by atoms with Crippen LogP contribution < -0.4 is 5.73 Å². The van der Waals surface area contributed by atoms with E-state index in [0.29, 0.717) is 0 Å². The molecule has 0 heterocycles. The van der Waals surface area contributed by atoms with E-state index in [2.05, 4.69) is 11.0 Å². The highest BCUT2D eigenvalue weighted by Crippen LogP contribution is 2.26. The predicted molar refractivity (Wildman–Crippen MR) is 68.6 cm³/mol. The van der Waals surface area contributed by atoms with E-state index in [1.165, 1.54) is 24.8 Å². The summed E-state index contributed by atoms with van der Waals surface area (Å²) in [5.41, 5.74) is 6.95. The van der Waals surface area contributed by atoms with E-state index < -0.39 is 0 Å². The lowest BCUT2D eigenvalue weighted by Crippen LogP contribution is -2.42. The van der Waals surface area contributed by atoms with E-state index in [9.17, 15) is 0 Å². The molecular formula is C13H19ClN2. The Morgan fingerprint density at radius 1 is 1.38 bits per heavy atom. The van der Waals surface area contributed by atoms with Gasteiger partial charge < -0.3 is 5.73 Å². The maximum atomic E-state index is 5.99. The Morgan fingerprint density at radius 2 is 2.19 bits per heavy atom. The van der Waals surface area contributed by atoms with Crippen LogP contribution in [0.15, 0.2) is 24.3 Å². The first kappa shape index (κ1) is 11.9. The summed E-state index contributed by atoms with van der Waals surface area (Å²) in [6.45, 7) is 2.69. The molecule has 0 aliphatic heterocycles. The first-order chi connectivity index (χ1) is 7.79. The fourth-order valence-corrected chi connectivity index (χ4v) is 2.39. The van der Waals surface area contributed by atoms with Gasteiger partial charge in [-0.15, -0.1) is 0 Å². The van der Waals surface area contributed by atoms with E-state index in [1.807, 2.05) is 18.2 Å². The van der Waals surface area contributed by atoms with Crippen LogP contribution in [0.2, 0.25) is 5.02 Å². The average Bonchev–Trinajstić information content (AvgIpc) is 2.15. The van der Waals surface area contributed by atoms with E-state index >= 15 is 0 Å². The van der Waals surface area contributed by atoms with Gasteiger partial charge in [0.05, 0.1) is 0 Å². The number of benzene rings is 1. The summed E-state index contributed by atoms with van der Waals surface area (Å²) < 4.78 is 0. The van der Waals surface area contributed by atoms with Crippen molar-refractivity contribution in [3.8, 4) is 0 Å². The molecule has 0 saturated heterocycles. The van der Waals surface area contributed by atoms with Gasteiger partial charge in [0.2, 0.25) is 0 Å². The van der Waals surface area contributed by atoms with Crippen LogP contribution in [0.25, 0.3) is 0 Å². The van der Waals surface area contributed by atoms with Crippen LogP contribution >= 0.6 is 11.6 Å². The normalized spacial score (nSPS) is 16.4. The Morgan fingerprint density at radius 3 is 2.75 bits per heavy atom. The number of hydrogen-bond donors (Lipinski definition) is 1. The lowest BCUT2D eigenvalue weighted by atomic mass is 9.91. The molecule has 0 atom stereocenters. The second-order valence-electron chi connectivity index (χ2n) is 4.47. The Labute approximate surface area is 102 Å². The van der Waals surface area contributed by atoms with Gasteiger partial charge in [-0.2, -0.15) is 0 Å². The van der Waals surface area contributed by atoms with Crippen LogP contribution in [0.1, 0.15) is 24.8 Å². The molecule has 0 aromatic heterocycles. The van der Waals surface area contributed by atoms with E-state index in [1.54, 1.807) is 0 Å². The van der Waals surface area contributed by atoms with Gasteiger partial charge in [0.25, 0.3) is 0 Å². The van der Waals surface area contributed by atoms with Crippen molar-refractivity contribution in [2.24, 2.45) is 5.73 Å². The van der Waals surface area contributed by atoms with Gasteiger partial charge in [0.1, 0.15) is 0 Å². The SMILES string of the molecule is NCCN(Cc1cccc(Cl)c1)C1CCC1. The third kappa shape index (κ3) is 2.97. The predicted octanol–water partition coefficient (Wildman–Crippen LogP) is 2.65. The summed E-state index contributed by atoms with van der Waals surface area (Å²) in [7, 11) is 0. The number of nitrogens with two attached hydrogens (primary N) is 1. The molecule has 1 fully saturated rings. The molecule has 1 aromatic rings. The summed E-state index contributed by atoms with van der Waals surface area (Å²) in [6.07, 6.45) is 4.00. The van der Waals surface area contributed by atoms with Crippen molar-refractivity contribution >= 4 is 11.6 Å². The third-order valence-corrected chi connectivity index (χ3v) is 3.52. The molecule has 0 spiro atoms. The molecule has 3 heteroatoms. The highest BCUT2D eigenvalue weighted by atomic mass is 35.5. The minimum atomic E-state index is 0.733. The molecule has 1 aliphatic carbocycles. The fourth-order valence-electron chi connectivity index (χ4n) is 2.18. The molecule has 16 heavy (non-hydrogen) atoms. The summed E-state index contributed by atoms with van der Waals surface area (Å²) in [5, 5.41) is 0.818. The number of hydrogen-bond acceptors (Lipinski definition) is 2. The van der Waals surface area contributed by atoms with Crippen LogP contribution in [0.4, 0.5) is 0 Å². The summed E-state index contributed by atoms with van der Waals surface area (Å²) >= 11 is 5.99. The molecule has 1 aliphatic rings. The van der Waals surface area contributed by atoms with Gasteiger partial charge in [-0.25, -0.2) is 0 Å². The lowest BCUT2D eigenvalue weighted by molar-refractivity contribution is 0.123. The minimum absolute atomic E-state index is 0.733. The Balaban J connectivity index is 1.98. The van der Waals surface area contributed by atoms with Crippen LogP contribution in [0, 0.1) is 0 Å². The Bertz CT molecular complexity index is 336. The first-order valence-corrected chi connectivity index (χ1v) is 6.36. The van der Waals surface area contributed by atoms with Crippen molar-refractivity contribution in [1.29, 1.82) is 0 Å². The van der Waals surface area contributed by atoms with Crippen molar-refractivity contribution in [2.45, 2.75) is 31.8 Å². The number of rotatable bonds is 5. The monoisotopic (exact) mass is 238 g/mol. The van der Waals surface area contributed by atoms with Crippen LogP contribution in [0.3, 0.4) is 0 Å². The van der Waals surface area contributed by atoms with Gasteiger partial charge in [-0.05, 0) is 30.5 Å². The van der Waals surface area contributed by atoms with Gasteiger partial charge in [-0.1, -0.05) is 30.2 Å². The average molecular weight is 239 g/mol. The zero-order chi connectivity index (χ0) is 11.4. The van der Waals surface area contributed by atoms with E-state index in [4.69, 9.17) is 17.3 Å². The van der Waals surface area contributed by atoms with Crippen LogP contribution in [-0.4, -0.2) is 24.0 Å². The molecular weight excluding hydrogens is 220 g/mol. The standard InChI is InChI=1S/C13H19ClN2/c14-12-4-1-3-11(9-12)10-16(8-7-15)13-5-2-6-13/h1,3-4,9,13H,2,5-8,10,15H2. The maximum absolute atomic E-state index is 5.99. The maximum Gasteiger partial charge on any atom is 0.0409 e. The minimum Gasteiger partial charge on any atom is -0.329 e. The molecule has 2 N–H and O–H groups in total. The van der Waals surface area contributed by atoms with Crippen molar-refractivity contribution < 1.29 is 0 Å². The second kappa shape index (κ2) is 5.67. The van der Waals surface area contributed by atoms with E-state index in [0.717, 1.165) is 30.7 Å². The zero-order valence-electron chi connectivity index (χ0n) is 9.53. The van der Waals surface area contributed by atoms with Crippen LogP contribution in [0.5, 0.6) is 0 Å². The van der Waals surface area contributed by atoms with E-state index in [-0.39, 0.29) is 0 Å². The number of nitrogens with zero attached hydrogens (tertiary/aromatic N) is 1. The molecule has 1 saturated carbocycles. The molecule has 0 unspecified atom stereocenters. The highest BCUT2D eigenvalue weighted by molar-refractivity contribution is 6.30. The molecule has 0 radical (unpaired) electrons. The molecule has 2 rings (SSSR count). The quantitative estimate of drug-likeness (QED) is 0.855. The molecule has 2 nitrogen and oxygen atoms in total. The highest BCUT2D eigenvalue weighted by Gasteiger charge is 2.24. The van der Waals surface area contributed by atoms with Crippen molar-refractivity contribution in [2.75, 3.05) is 13.1 Å². The summed E-state index contributed by atoms with van der Waals surface area (Å²) in [5.74, 6) is 0. The van der Waals surface area contributed by atoms with Gasteiger partial charge in [0.15, 0.2) is 0 Å². The van der Waals surface area contributed by atoms with Gasteiger partial charge in [-0.3, -0.25) is 4.90 Å². The molecule has 0 bridgehead atoms. The first-order valence-electron chi connectivity index (χ1n) is 5.98. The van der Waals surface area contributed by atoms with Crippen molar-refractivity contribution in [3.63, 3.8) is 0 Å². The topological polar surface area (TPSA) is 29.3 Å². The second-order valence-corrected chi connectivity index (χ2v) is 4.91. The van der Waals surface area contributed by atoms with Crippen molar-refractivity contribution in [3.05, 3.63) is 34.9 Å². The molecule has 88 valence electrons. The van der Waals surface area contributed by atoms with Gasteiger partial charge >= 0.3 is 0 Å². The Kier molecular flexibility index (Phi) is 4.22. The Hall–Kier alpha value is -0.570. The zero-order valence-corrected chi connectivity index (χ0v) is 10.3. The fraction of sp³-hybridized carbons (Fsp3) is 0.538. The molecule has 0 amide bonds. The van der Waals surface area contributed by atoms with Crippen molar-refractivity contribution in [1.82, 2.24) is 4.90 Å². The lowest BCUT2D eigenvalue weighted by Gasteiger charge is -2.37.